The Morgan fingerprint density at radius 1 is 1.22 bits per heavy atom. The van der Waals surface area contributed by atoms with Gasteiger partial charge in [-0.25, -0.2) is 0 Å². The highest BCUT2D eigenvalue weighted by molar-refractivity contribution is 9.10. The van der Waals surface area contributed by atoms with Crippen molar-refractivity contribution in [1.29, 1.82) is 0 Å². The molecule has 2 rings (SSSR count). The Morgan fingerprint density at radius 2 is 1.89 bits per heavy atom. The predicted molar refractivity (Wildman–Crippen MR) is 80.2 cm³/mol. The van der Waals surface area contributed by atoms with Crippen LogP contribution >= 0.6 is 31.9 Å². The Bertz CT molecular complexity index is 347. The molecule has 0 radical (unpaired) electrons. The van der Waals surface area contributed by atoms with E-state index in [0.717, 1.165) is 42.5 Å². The summed E-state index contributed by atoms with van der Waals surface area (Å²) in [5.74, 6) is 0.649. The average molecular weight is 378 g/mol. The van der Waals surface area contributed by atoms with Crippen molar-refractivity contribution in [2.45, 2.75) is 18.9 Å². The number of hydrogen-bond acceptors (Lipinski definition) is 2. The normalized spacial score (nSPS) is 18.8. The van der Waals surface area contributed by atoms with Gasteiger partial charge in [0.2, 0.25) is 0 Å². The lowest BCUT2D eigenvalue weighted by Crippen LogP contribution is -2.21. The fourth-order valence-electron chi connectivity index (χ4n) is 2.07. The highest BCUT2D eigenvalue weighted by Gasteiger charge is 2.17. The molecule has 1 aliphatic rings. The molecular weight excluding hydrogens is 360 g/mol. The van der Waals surface area contributed by atoms with Crippen LogP contribution in [0.4, 0.5) is 0 Å². The molecule has 1 unspecified atom stereocenters. The Balaban J connectivity index is 1.86. The molecular formula is C14H18Br2O2. The van der Waals surface area contributed by atoms with Crippen molar-refractivity contribution in [3.8, 4) is 0 Å². The standard InChI is InChI=1S/C14H18Br2O2/c15-9-14(12-1-3-13(16)4-2-12)18-10-11-5-7-17-8-6-11/h1-4,11,14H,5-10H2. The molecule has 1 atom stereocenters. The van der Waals surface area contributed by atoms with Gasteiger partial charge in [-0.3, -0.25) is 0 Å². The highest BCUT2D eigenvalue weighted by atomic mass is 79.9. The summed E-state index contributed by atoms with van der Waals surface area (Å²) < 4.78 is 12.5. The van der Waals surface area contributed by atoms with Crippen molar-refractivity contribution >= 4 is 31.9 Å². The third-order valence-corrected chi connectivity index (χ3v) is 4.37. The molecule has 0 saturated carbocycles. The molecule has 1 fully saturated rings. The van der Waals surface area contributed by atoms with Gasteiger partial charge in [0.1, 0.15) is 0 Å². The quantitative estimate of drug-likeness (QED) is 0.711. The largest absolute Gasteiger partial charge is 0.381 e. The fourth-order valence-corrected chi connectivity index (χ4v) is 2.90. The molecule has 0 bridgehead atoms. The molecule has 1 aliphatic heterocycles. The van der Waals surface area contributed by atoms with Crippen LogP contribution in [-0.2, 0) is 9.47 Å². The topological polar surface area (TPSA) is 18.5 Å². The van der Waals surface area contributed by atoms with Crippen LogP contribution in [0.5, 0.6) is 0 Å². The molecule has 1 aromatic rings. The number of hydrogen-bond donors (Lipinski definition) is 0. The number of halogens is 2. The molecule has 100 valence electrons. The van der Waals surface area contributed by atoms with Gasteiger partial charge in [-0.05, 0) is 36.5 Å². The zero-order chi connectivity index (χ0) is 12.8. The van der Waals surface area contributed by atoms with Crippen molar-refractivity contribution in [2.75, 3.05) is 25.2 Å². The first-order valence-electron chi connectivity index (χ1n) is 6.30. The van der Waals surface area contributed by atoms with Crippen LogP contribution in [0.1, 0.15) is 24.5 Å². The van der Waals surface area contributed by atoms with Crippen LogP contribution in [0, 0.1) is 5.92 Å². The molecule has 1 aromatic carbocycles. The van der Waals surface area contributed by atoms with Gasteiger partial charge in [-0.2, -0.15) is 0 Å². The zero-order valence-electron chi connectivity index (χ0n) is 10.3. The van der Waals surface area contributed by atoms with Gasteiger partial charge in [-0.1, -0.05) is 44.0 Å². The molecule has 1 heterocycles. The van der Waals surface area contributed by atoms with Gasteiger partial charge in [0.25, 0.3) is 0 Å². The number of benzene rings is 1. The van der Waals surface area contributed by atoms with Gasteiger partial charge in [-0.15, -0.1) is 0 Å². The van der Waals surface area contributed by atoms with E-state index in [1.54, 1.807) is 0 Å². The van der Waals surface area contributed by atoms with Gasteiger partial charge >= 0.3 is 0 Å². The van der Waals surface area contributed by atoms with E-state index >= 15 is 0 Å². The van der Waals surface area contributed by atoms with E-state index in [1.807, 2.05) is 0 Å². The molecule has 0 spiro atoms. The summed E-state index contributed by atoms with van der Waals surface area (Å²) in [6.07, 6.45) is 2.38. The van der Waals surface area contributed by atoms with Gasteiger partial charge in [0.05, 0.1) is 12.7 Å². The maximum Gasteiger partial charge on any atom is 0.0921 e. The molecule has 0 amide bonds. The maximum atomic E-state index is 6.04. The van der Waals surface area contributed by atoms with E-state index in [4.69, 9.17) is 9.47 Å². The summed E-state index contributed by atoms with van der Waals surface area (Å²) in [6, 6.07) is 8.34. The minimum Gasteiger partial charge on any atom is -0.381 e. The van der Waals surface area contributed by atoms with Gasteiger partial charge < -0.3 is 9.47 Å². The van der Waals surface area contributed by atoms with E-state index in [-0.39, 0.29) is 6.10 Å². The van der Waals surface area contributed by atoms with Crippen molar-refractivity contribution in [1.82, 2.24) is 0 Å². The Labute approximate surface area is 125 Å². The van der Waals surface area contributed by atoms with Crippen LogP contribution in [0.25, 0.3) is 0 Å². The summed E-state index contributed by atoms with van der Waals surface area (Å²) in [4.78, 5) is 0. The Kier molecular flexibility index (Phi) is 6.15. The predicted octanol–water partition coefficient (Wildman–Crippen LogP) is 4.33. The van der Waals surface area contributed by atoms with Crippen LogP contribution < -0.4 is 0 Å². The van der Waals surface area contributed by atoms with Gasteiger partial charge in [0, 0.05) is 23.0 Å². The number of rotatable bonds is 5. The zero-order valence-corrected chi connectivity index (χ0v) is 13.5. The summed E-state index contributed by atoms with van der Waals surface area (Å²) in [5.41, 5.74) is 1.22. The van der Waals surface area contributed by atoms with Crippen molar-refractivity contribution in [3.05, 3.63) is 34.3 Å². The molecule has 4 heteroatoms. The smallest absolute Gasteiger partial charge is 0.0921 e. The monoisotopic (exact) mass is 376 g/mol. The van der Waals surface area contributed by atoms with E-state index < -0.39 is 0 Å². The van der Waals surface area contributed by atoms with E-state index in [1.165, 1.54) is 5.56 Å². The van der Waals surface area contributed by atoms with Crippen LogP contribution in [0.2, 0.25) is 0 Å². The third-order valence-electron chi connectivity index (χ3n) is 3.26. The van der Waals surface area contributed by atoms with Gasteiger partial charge in [0.15, 0.2) is 0 Å². The molecule has 0 aliphatic carbocycles. The van der Waals surface area contributed by atoms with E-state index in [0.29, 0.717) is 5.92 Å². The molecule has 2 nitrogen and oxygen atoms in total. The lowest BCUT2D eigenvalue weighted by Gasteiger charge is -2.24. The lowest BCUT2D eigenvalue weighted by atomic mass is 10.0. The molecule has 0 N–H and O–H groups in total. The number of ether oxygens (including phenoxy) is 2. The minimum atomic E-state index is 0.140. The minimum absolute atomic E-state index is 0.140. The fraction of sp³-hybridized carbons (Fsp3) is 0.571. The van der Waals surface area contributed by atoms with Crippen molar-refractivity contribution < 1.29 is 9.47 Å². The van der Waals surface area contributed by atoms with E-state index in [2.05, 4.69) is 56.1 Å². The lowest BCUT2D eigenvalue weighted by molar-refractivity contribution is -0.00374. The van der Waals surface area contributed by atoms with Crippen molar-refractivity contribution in [3.63, 3.8) is 0 Å². The summed E-state index contributed by atoms with van der Waals surface area (Å²) in [5, 5.41) is 0.831. The molecule has 1 saturated heterocycles. The maximum absolute atomic E-state index is 6.04. The number of alkyl halides is 1. The molecule has 18 heavy (non-hydrogen) atoms. The second-order valence-electron chi connectivity index (χ2n) is 4.58. The second-order valence-corrected chi connectivity index (χ2v) is 6.15. The average Bonchev–Trinajstić information content (AvgIpc) is 2.42. The summed E-state index contributed by atoms with van der Waals surface area (Å²) in [7, 11) is 0. The summed E-state index contributed by atoms with van der Waals surface area (Å²) in [6.45, 7) is 2.59. The van der Waals surface area contributed by atoms with Crippen molar-refractivity contribution in [2.24, 2.45) is 5.92 Å². The highest BCUT2D eigenvalue weighted by Crippen LogP contribution is 2.24. The SMILES string of the molecule is BrCC(OCC1CCOCC1)c1ccc(Br)cc1. The first-order valence-corrected chi connectivity index (χ1v) is 8.22. The second kappa shape index (κ2) is 7.63. The van der Waals surface area contributed by atoms with E-state index in [9.17, 15) is 0 Å². The Hall–Kier alpha value is 0.100. The first-order chi connectivity index (χ1) is 8.79. The third kappa shape index (κ3) is 4.34. The van der Waals surface area contributed by atoms with Crippen LogP contribution in [0.3, 0.4) is 0 Å². The van der Waals surface area contributed by atoms with Crippen LogP contribution in [-0.4, -0.2) is 25.2 Å². The molecule has 0 aromatic heterocycles. The summed E-state index contributed by atoms with van der Waals surface area (Å²) >= 11 is 6.99. The Morgan fingerprint density at radius 3 is 2.50 bits per heavy atom. The first kappa shape index (κ1) is 14.5. The van der Waals surface area contributed by atoms with Crippen LogP contribution in [0.15, 0.2) is 28.7 Å².